The van der Waals surface area contributed by atoms with Crippen molar-refractivity contribution in [3.8, 4) is 11.5 Å². The summed E-state index contributed by atoms with van der Waals surface area (Å²) in [7, 11) is 1.53. The molecule has 110 valence electrons. The first-order valence-corrected chi connectivity index (χ1v) is 6.06. The largest absolute Gasteiger partial charge is 0.497 e. The van der Waals surface area contributed by atoms with Gasteiger partial charge in [0.1, 0.15) is 23.7 Å². The highest BCUT2D eigenvalue weighted by atomic mass is 19.1. The second-order valence-electron chi connectivity index (χ2n) is 4.24. The minimum atomic E-state index is -1.18. The molecular weight excluding hydrogens is 280 g/mol. The highest BCUT2D eigenvalue weighted by Crippen LogP contribution is 2.24. The molecule has 4 nitrogen and oxygen atoms in total. The summed E-state index contributed by atoms with van der Waals surface area (Å²) in [6.07, 6.45) is 0. The Hall–Kier alpha value is -2.63. The molecule has 0 saturated carbocycles. The maximum atomic E-state index is 13.9. The smallest absolute Gasteiger partial charge is 0.254 e. The monoisotopic (exact) mass is 293 g/mol. The van der Waals surface area contributed by atoms with E-state index in [-0.39, 0.29) is 12.4 Å². The lowest BCUT2D eigenvalue weighted by Crippen LogP contribution is -2.16. The molecule has 0 saturated heterocycles. The lowest BCUT2D eigenvalue weighted by molar-refractivity contribution is 0.0991. The Labute approximate surface area is 120 Å². The Balaban J connectivity index is 2.20. The molecule has 0 aliphatic heterocycles. The normalized spacial score (nSPS) is 10.2. The molecule has 2 N–H and O–H groups in total. The minimum absolute atomic E-state index is 0.0396. The van der Waals surface area contributed by atoms with Crippen LogP contribution in [0.4, 0.5) is 8.78 Å². The van der Waals surface area contributed by atoms with Gasteiger partial charge in [-0.05, 0) is 29.8 Å². The molecule has 0 spiro atoms. The average molecular weight is 293 g/mol. The first-order valence-electron chi connectivity index (χ1n) is 6.06. The van der Waals surface area contributed by atoms with Crippen molar-refractivity contribution < 1.29 is 23.0 Å². The molecule has 2 rings (SSSR count). The van der Waals surface area contributed by atoms with E-state index in [0.717, 1.165) is 17.7 Å². The topological polar surface area (TPSA) is 61.6 Å². The van der Waals surface area contributed by atoms with Crippen LogP contribution in [0.5, 0.6) is 11.5 Å². The fourth-order valence-corrected chi connectivity index (χ4v) is 1.79. The molecule has 6 heteroatoms. The number of hydrogen-bond donors (Lipinski definition) is 1. The van der Waals surface area contributed by atoms with Gasteiger partial charge in [-0.25, -0.2) is 8.78 Å². The van der Waals surface area contributed by atoms with Crippen molar-refractivity contribution in [2.24, 2.45) is 5.73 Å². The van der Waals surface area contributed by atoms with Crippen molar-refractivity contribution in [2.45, 2.75) is 6.61 Å². The molecular formula is C15H13F2NO3. The number of hydrogen-bond acceptors (Lipinski definition) is 3. The third-order valence-electron chi connectivity index (χ3n) is 2.83. The van der Waals surface area contributed by atoms with Gasteiger partial charge in [-0.3, -0.25) is 4.79 Å². The van der Waals surface area contributed by atoms with E-state index in [1.807, 2.05) is 0 Å². The van der Waals surface area contributed by atoms with E-state index in [4.69, 9.17) is 15.2 Å². The Morgan fingerprint density at radius 3 is 2.67 bits per heavy atom. The number of nitrogens with two attached hydrogens (primary N) is 1. The molecule has 0 radical (unpaired) electrons. The van der Waals surface area contributed by atoms with Gasteiger partial charge in [-0.2, -0.15) is 0 Å². The molecule has 0 fully saturated rings. The third kappa shape index (κ3) is 3.28. The van der Waals surface area contributed by atoms with E-state index in [2.05, 4.69) is 0 Å². The van der Waals surface area contributed by atoms with E-state index < -0.39 is 23.1 Å². The highest BCUT2D eigenvalue weighted by Gasteiger charge is 2.19. The lowest BCUT2D eigenvalue weighted by Gasteiger charge is -2.10. The molecule has 0 aliphatic rings. The summed E-state index contributed by atoms with van der Waals surface area (Å²) in [5, 5.41) is 0. The average Bonchev–Trinajstić information content (AvgIpc) is 2.46. The predicted molar refractivity (Wildman–Crippen MR) is 72.2 cm³/mol. The van der Waals surface area contributed by atoms with Crippen molar-refractivity contribution in [1.29, 1.82) is 0 Å². The molecule has 2 aromatic carbocycles. The van der Waals surface area contributed by atoms with Crippen LogP contribution in [0.15, 0.2) is 36.4 Å². The summed E-state index contributed by atoms with van der Waals surface area (Å²) in [5.41, 5.74) is 4.87. The van der Waals surface area contributed by atoms with E-state index in [1.165, 1.54) is 7.11 Å². The minimum Gasteiger partial charge on any atom is -0.497 e. The Bertz CT molecular complexity index is 674. The lowest BCUT2D eigenvalue weighted by atomic mass is 10.1. The van der Waals surface area contributed by atoms with Crippen molar-refractivity contribution >= 4 is 5.91 Å². The predicted octanol–water partition coefficient (Wildman–Crippen LogP) is 2.65. The van der Waals surface area contributed by atoms with E-state index in [0.29, 0.717) is 5.75 Å². The number of ether oxygens (including phenoxy) is 2. The molecule has 0 unspecified atom stereocenters. The summed E-state index contributed by atoms with van der Waals surface area (Å²) < 4.78 is 37.6. The van der Waals surface area contributed by atoms with Gasteiger partial charge in [0.25, 0.3) is 5.91 Å². The van der Waals surface area contributed by atoms with Crippen molar-refractivity contribution in [3.05, 3.63) is 59.2 Å². The maximum Gasteiger partial charge on any atom is 0.254 e. The Morgan fingerprint density at radius 1 is 1.24 bits per heavy atom. The van der Waals surface area contributed by atoms with Crippen LogP contribution in [-0.4, -0.2) is 13.0 Å². The van der Waals surface area contributed by atoms with Crippen LogP contribution in [0.3, 0.4) is 0 Å². The highest BCUT2D eigenvalue weighted by molar-refractivity contribution is 5.93. The summed E-state index contributed by atoms with van der Waals surface area (Å²) in [6.45, 7) is 0.0396. The zero-order valence-electron chi connectivity index (χ0n) is 11.2. The molecule has 0 aliphatic carbocycles. The number of amides is 1. The van der Waals surface area contributed by atoms with Gasteiger partial charge < -0.3 is 15.2 Å². The second-order valence-corrected chi connectivity index (χ2v) is 4.24. The summed E-state index contributed by atoms with van der Waals surface area (Å²) >= 11 is 0. The second kappa shape index (κ2) is 6.21. The number of carbonyl (C=O) groups is 1. The van der Waals surface area contributed by atoms with Gasteiger partial charge in [-0.1, -0.05) is 12.1 Å². The van der Waals surface area contributed by atoms with Crippen LogP contribution in [0.25, 0.3) is 0 Å². The quantitative estimate of drug-likeness (QED) is 0.922. The van der Waals surface area contributed by atoms with Gasteiger partial charge in [0.15, 0.2) is 11.6 Å². The molecule has 2 aromatic rings. The standard InChI is InChI=1S/C15H13F2NO3/c1-20-10-4-2-3-9(7-10)8-21-12-6-5-11(16)13(14(12)17)15(18)19/h2-7H,8H2,1H3,(H2,18,19). The number of benzene rings is 2. The fourth-order valence-electron chi connectivity index (χ4n) is 1.79. The number of methoxy groups -OCH3 is 1. The van der Waals surface area contributed by atoms with Crippen molar-refractivity contribution in [1.82, 2.24) is 0 Å². The van der Waals surface area contributed by atoms with Crippen LogP contribution in [0.1, 0.15) is 15.9 Å². The van der Waals surface area contributed by atoms with E-state index >= 15 is 0 Å². The zero-order chi connectivity index (χ0) is 15.4. The Morgan fingerprint density at radius 2 is 2.00 bits per heavy atom. The first kappa shape index (κ1) is 14.8. The van der Waals surface area contributed by atoms with Gasteiger partial charge in [0.2, 0.25) is 0 Å². The molecule has 21 heavy (non-hydrogen) atoms. The molecule has 0 bridgehead atoms. The van der Waals surface area contributed by atoms with Gasteiger partial charge in [0, 0.05) is 0 Å². The van der Waals surface area contributed by atoms with Crippen LogP contribution >= 0.6 is 0 Å². The fraction of sp³-hybridized carbons (Fsp3) is 0.133. The number of carbonyl (C=O) groups excluding carboxylic acids is 1. The SMILES string of the molecule is COc1cccc(COc2ccc(F)c(C(N)=O)c2F)c1. The molecule has 1 amide bonds. The van der Waals surface area contributed by atoms with Crippen molar-refractivity contribution in [2.75, 3.05) is 7.11 Å². The van der Waals surface area contributed by atoms with Crippen LogP contribution < -0.4 is 15.2 Å². The van der Waals surface area contributed by atoms with Crippen molar-refractivity contribution in [3.63, 3.8) is 0 Å². The van der Waals surface area contributed by atoms with Crippen LogP contribution in [0.2, 0.25) is 0 Å². The Kier molecular flexibility index (Phi) is 4.37. The number of primary amides is 1. The van der Waals surface area contributed by atoms with Crippen LogP contribution in [-0.2, 0) is 6.61 Å². The zero-order valence-corrected chi connectivity index (χ0v) is 11.2. The first-order chi connectivity index (χ1) is 10.0. The van der Waals surface area contributed by atoms with Gasteiger partial charge in [0.05, 0.1) is 7.11 Å². The van der Waals surface area contributed by atoms with E-state index in [1.54, 1.807) is 24.3 Å². The number of rotatable bonds is 5. The summed E-state index contributed by atoms with van der Waals surface area (Å²) in [5.74, 6) is -2.92. The van der Waals surface area contributed by atoms with E-state index in [9.17, 15) is 13.6 Å². The molecule has 0 atom stereocenters. The summed E-state index contributed by atoms with van der Waals surface area (Å²) in [4.78, 5) is 11.0. The maximum absolute atomic E-state index is 13.9. The summed E-state index contributed by atoms with van der Waals surface area (Å²) in [6, 6.07) is 9.04. The molecule has 0 heterocycles. The molecule has 0 aromatic heterocycles. The van der Waals surface area contributed by atoms with Gasteiger partial charge in [-0.15, -0.1) is 0 Å². The van der Waals surface area contributed by atoms with Gasteiger partial charge >= 0.3 is 0 Å². The third-order valence-corrected chi connectivity index (χ3v) is 2.83. The number of halogens is 2. The van der Waals surface area contributed by atoms with Crippen LogP contribution in [0, 0.1) is 11.6 Å².